The number of hydrogen-bond acceptors (Lipinski definition) is 7. The van der Waals surface area contributed by atoms with Crippen LogP contribution in [0.25, 0.3) is 15.3 Å². The van der Waals surface area contributed by atoms with Crippen LogP contribution in [0.3, 0.4) is 0 Å². The van der Waals surface area contributed by atoms with E-state index in [1.807, 2.05) is 42.5 Å². The van der Waals surface area contributed by atoms with Crippen LogP contribution in [0.4, 0.5) is 5.82 Å². The molecule has 0 bridgehead atoms. The van der Waals surface area contributed by atoms with Crippen molar-refractivity contribution >= 4 is 44.6 Å². The molecule has 0 N–H and O–H groups in total. The number of halogens is 1. The molecule has 5 rings (SSSR count). The second-order valence-corrected chi connectivity index (χ2v) is 12.0. The first-order valence-corrected chi connectivity index (χ1v) is 13.1. The zero-order valence-electron chi connectivity index (χ0n) is 16.2. The highest BCUT2D eigenvalue weighted by atomic mass is 127. The molecule has 0 saturated carbocycles. The van der Waals surface area contributed by atoms with E-state index in [1.54, 1.807) is 35.4 Å². The summed E-state index contributed by atoms with van der Waals surface area (Å²) in [6, 6.07) is 19.4. The topological polar surface area (TPSA) is 75.4 Å². The number of aromatic nitrogens is 3. The second-order valence-electron chi connectivity index (χ2n) is 6.38. The maximum atomic E-state index is 12.6. The minimum atomic E-state index is -0.305. The summed E-state index contributed by atoms with van der Waals surface area (Å²) in [6.07, 6.45) is 1.76. The molecular formula is C22H15IN4O2S2. The first kappa shape index (κ1) is 20.2. The molecular weight excluding hydrogens is 543 g/mol. The predicted molar refractivity (Wildman–Crippen MR) is 118 cm³/mol. The largest absolute Gasteiger partial charge is 0.858 e. The Morgan fingerprint density at radius 2 is 2.00 bits per heavy atom. The lowest BCUT2D eigenvalue weighted by Gasteiger charge is -2.08. The minimum absolute atomic E-state index is 0.204. The van der Waals surface area contributed by atoms with Crippen LogP contribution in [0, 0.1) is 6.45 Å². The molecule has 9 heteroatoms. The Balaban J connectivity index is 1.34. The Hall–Kier alpha value is -2.76. The third-order valence-electron chi connectivity index (χ3n) is 4.35. The lowest BCUT2D eigenvalue weighted by Crippen LogP contribution is -3.61. The van der Waals surface area contributed by atoms with E-state index in [0.29, 0.717) is 16.5 Å². The molecule has 0 aliphatic heterocycles. The highest BCUT2D eigenvalue weighted by Crippen LogP contribution is 2.28. The van der Waals surface area contributed by atoms with E-state index in [0.717, 1.165) is 16.0 Å². The molecule has 6 nitrogen and oxygen atoms in total. The van der Waals surface area contributed by atoms with Crippen molar-refractivity contribution < 1.29 is 31.0 Å². The standard InChI is InChI=1S/C22H15IN4O2S2/c1-29-16-8-9-17-18(13-16)31-22(24-17)27-11-10-20(26-27)25-21(28)14-4-6-15(7-5-14)23-19-3-2-12-30-19/h2-13H,1H3. The maximum absolute atomic E-state index is 12.6. The van der Waals surface area contributed by atoms with Crippen molar-refractivity contribution in [3.05, 3.63) is 84.3 Å². The van der Waals surface area contributed by atoms with Gasteiger partial charge in [0.15, 0.2) is 9.39 Å². The maximum Gasteiger partial charge on any atom is 0.369 e. The fourth-order valence-corrected chi connectivity index (χ4v) is 7.40. The minimum Gasteiger partial charge on any atom is -0.858 e. The molecule has 0 aliphatic rings. The molecule has 0 fully saturated rings. The Morgan fingerprint density at radius 1 is 1.13 bits per heavy atom. The van der Waals surface area contributed by atoms with Crippen molar-refractivity contribution in [2.75, 3.05) is 7.11 Å². The molecule has 0 saturated heterocycles. The van der Waals surface area contributed by atoms with Gasteiger partial charge in [-0.25, -0.2) is 14.7 Å². The van der Waals surface area contributed by atoms with Gasteiger partial charge in [-0.1, -0.05) is 22.7 Å². The van der Waals surface area contributed by atoms with Gasteiger partial charge < -0.3 is 9.84 Å². The van der Waals surface area contributed by atoms with Crippen LogP contribution < -0.4 is 31.0 Å². The molecule has 0 amide bonds. The number of benzene rings is 2. The number of aliphatic imine (C=N–C) groups is 1. The van der Waals surface area contributed by atoms with Gasteiger partial charge in [-0.15, -0.1) is 5.10 Å². The monoisotopic (exact) mass is 558 g/mol. The van der Waals surface area contributed by atoms with Crippen molar-refractivity contribution in [2.24, 2.45) is 4.99 Å². The number of thiophene rings is 1. The smallest absolute Gasteiger partial charge is 0.369 e. The highest BCUT2D eigenvalue weighted by Gasteiger charge is 2.16. The lowest BCUT2D eigenvalue weighted by molar-refractivity contribution is -0.591. The number of thiazole rings is 1. The SMILES string of the molecule is COc1ccc2nc(-n3ccc(N=C([O-])c4ccc([I+]c5cccs5)cc4)n3)sc2c1. The van der Waals surface area contributed by atoms with Crippen LogP contribution in [0.15, 0.2) is 77.2 Å². The van der Waals surface area contributed by atoms with Crippen molar-refractivity contribution in [1.29, 1.82) is 0 Å². The zero-order valence-corrected chi connectivity index (χ0v) is 20.0. The van der Waals surface area contributed by atoms with Gasteiger partial charge in [0.05, 0.1) is 17.3 Å². The number of hydrogen-bond donors (Lipinski definition) is 0. The first-order valence-electron chi connectivity index (χ1n) is 9.23. The summed E-state index contributed by atoms with van der Waals surface area (Å²) in [5, 5.41) is 19.8. The molecule has 0 radical (unpaired) electrons. The van der Waals surface area contributed by atoms with Crippen LogP contribution in [-0.2, 0) is 0 Å². The van der Waals surface area contributed by atoms with E-state index in [1.165, 1.54) is 17.8 Å². The fraction of sp³-hybridized carbons (Fsp3) is 0.0455. The molecule has 5 aromatic rings. The Morgan fingerprint density at radius 3 is 2.77 bits per heavy atom. The highest BCUT2D eigenvalue weighted by molar-refractivity contribution is 7.20. The van der Waals surface area contributed by atoms with E-state index in [4.69, 9.17) is 4.74 Å². The number of methoxy groups -OCH3 is 1. The van der Waals surface area contributed by atoms with Gasteiger partial charge in [0.1, 0.15) is 5.75 Å². The summed E-state index contributed by atoms with van der Waals surface area (Å²) in [5.41, 5.74) is 1.43. The van der Waals surface area contributed by atoms with Gasteiger partial charge in [0, 0.05) is 18.3 Å². The number of ether oxygens (including phenoxy) is 1. The Kier molecular flexibility index (Phi) is 5.70. The normalized spacial score (nSPS) is 11.8. The first-order chi connectivity index (χ1) is 15.2. The van der Waals surface area contributed by atoms with E-state index < -0.39 is 0 Å². The van der Waals surface area contributed by atoms with E-state index in [2.05, 4.69) is 32.6 Å². The predicted octanol–water partition coefficient (Wildman–Crippen LogP) is 1.12. The summed E-state index contributed by atoms with van der Waals surface area (Å²) in [4.78, 5) is 8.75. The number of nitrogens with zero attached hydrogens (tertiary/aromatic N) is 4. The van der Waals surface area contributed by atoms with Crippen molar-refractivity contribution in [1.82, 2.24) is 14.8 Å². The van der Waals surface area contributed by atoms with Gasteiger partial charge in [-0.2, -0.15) is 0 Å². The van der Waals surface area contributed by atoms with Crippen molar-refractivity contribution in [2.45, 2.75) is 0 Å². The Labute approximate surface area is 196 Å². The summed E-state index contributed by atoms with van der Waals surface area (Å²) < 4.78 is 10.6. The summed E-state index contributed by atoms with van der Waals surface area (Å²) >= 11 is 3.07. The summed E-state index contributed by atoms with van der Waals surface area (Å²) in [5.74, 6) is 0.838. The third kappa shape index (κ3) is 4.48. The molecule has 0 spiro atoms. The van der Waals surface area contributed by atoms with Crippen LogP contribution in [0.5, 0.6) is 5.75 Å². The van der Waals surface area contributed by atoms with E-state index in [-0.39, 0.29) is 27.1 Å². The van der Waals surface area contributed by atoms with Gasteiger partial charge in [0.25, 0.3) is 0 Å². The van der Waals surface area contributed by atoms with Gasteiger partial charge >= 0.3 is 21.2 Å². The average molecular weight is 558 g/mol. The fourth-order valence-electron chi connectivity index (χ4n) is 2.84. The average Bonchev–Trinajstić information content (AvgIpc) is 3.54. The second kappa shape index (κ2) is 8.77. The molecule has 154 valence electrons. The van der Waals surface area contributed by atoms with Gasteiger partial charge in [0.2, 0.25) is 8.02 Å². The van der Waals surface area contributed by atoms with Crippen LogP contribution in [0.2, 0.25) is 0 Å². The van der Waals surface area contributed by atoms with Gasteiger partial charge in [-0.05, 0) is 65.4 Å². The van der Waals surface area contributed by atoms with Crippen LogP contribution >= 0.6 is 22.7 Å². The molecule has 0 aliphatic carbocycles. The number of fused-ring (bicyclic) bond motifs is 1. The van der Waals surface area contributed by atoms with Crippen LogP contribution in [-0.4, -0.2) is 27.8 Å². The van der Waals surface area contributed by atoms with Crippen molar-refractivity contribution in [3.63, 3.8) is 0 Å². The summed E-state index contributed by atoms with van der Waals surface area (Å²) in [7, 11) is 1.64. The van der Waals surface area contributed by atoms with Gasteiger partial charge in [-0.3, -0.25) is 0 Å². The van der Waals surface area contributed by atoms with E-state index >= 15 is 0 Å². The lowest BCUT2D eigenvalue weighted by atomic mass is 10.2. The third-order valence-corrected chi connectivity index (χ3v) is 9.53. The Bertz CT molecular complexity index is 1360. The van der Waals surface area contributed by atoms with Crippen LogP contribution in [0.1, 0.15) is 5.56 Å². The molecule has 3 aromatic heterocycles. The molecule has 31 heavy (non-hydrogen) atoms. The molecule has 0 unspecified atom stereocenters. The molecule has 3 heterocycles. The molecule has 2 aromatic carbocycles. The van der Waals surface area contributed by atoms with E-state index in [9.17, 15) is 5.11 Å². The van der Waals surface area contributed by atoms with Crippen molar-refractivity contribution in [3.8, 4) is 10.9 Å². The quantitative estimate of drug-likeness (QED) is 0.178. The summed E-state index contributed by atoms with van der Waals surface area (Å²) in [6.45, 7) is 0. The number of rotatable bonds is 6. The molecule has 0 atom stereocenters. The zero-order chi connectivity index (χ0) is 21.2.